The van der Waals surface area contributed by atoms with Crippen molar-refractivity contribution in [3.63, 3.8) is 0 Å². The summed E-state index contributed by atoms with van der Waals surface area (Å²) in [5.41, 5.74) is 5.82. The molecule has 0 radical (unpaired) electrons. The number of anilines is 2. The van der Waals surface area contributed by atoms with Crippen LogP contribution in [-0.4, -0.2) is 27.4 Å². The van der Waals surface area contributed by atoms with Crippen LogP contribution in [0.3, 0.4) is 0 Å². The van der Waals surface area contributed by atoms with Crippen molar-refractivity contribution in [1.82, 2.24) is 14.8 Å². The Morgan fingerprint density at radius 1 is 1.30 bits per heavy atom. The van der Waals surface area contributed by atoms with Crippen molar-refractivity contribution in [3.8, 4) is 5.75 Å². The monoisotopic (exact) mass is 275 g/mol. The number of nitrogen functional groups attached to an aromatic ring is 1. The zero-order valence-corrected chi connectivity index (χ0v) is 11.9. The smallest absolute Gasteiger partial charge is 0.244 e. The van der Waals surface area contributed by atoms with E-state index in [0.717, 1.165) is 12.2 Å². The van der Waals surface area contributed by atoms with Gasteiger partial charge in [0.05, 0.1) is 6.61 Å². The Hall–Kier alpha value is -2.24. The molecule has 0 spiro atoms. The minimum Gasteiger partial charge on any atom is -0.494 e. The Bertz CT molecular complexity index is 524. The molecule has 20 heavy (non-hydrogen) atoms. The summed E-state index contributed by atoms with van der Waals surface area (Å²) < 4.78 is 7.31. The first kappa shape index (κ1) is 14.2. The van der Waals surface area contributed by atoms with Crippen LogP contribution in [0.2, 0.25) is 0 Å². The molecule has 1 aromatic carbocycles. The van der Waals surface area contributed by atoms with Crippen LogP contribution in [-0.2, 0) is 6.54 Å². The van der Waals surface area contributed by atoms with Gasteiger partial charge in [0.15, 0.2) is 0 Å². The fourth-order valence-electron chi connectivity index (χ4n) is 1.76. The summed E-state index contributed by atoms with van der Waals surface area (Å²) in [5, 5.41) is 7.44. The standard InChI is InChI=1S/C14H21N5O/c1-11(2)16-14-17-13(15)19(18-14)9-6-10-20-12-7-4-3-5-8-12/h3-5,7-8,11H,6,9-10H2,1-2H3,(H3,15,16,17,18). The largest absolute Gasteiger partial charge is 0.494 e. The molecular weight excluding hydrogens is 254 g/mol. The second kappa shape index (κ2) is 6.79. The summed E-state index contributed by atoms with van der Waals surface area (Å²) in [7, 11) is 0. The third kappa shape index (κ3) is 4.15. The second-order valence-corrected chi connectivity index (χ2v) is 4.83. The van der Waals surface area contributed by atoms with Gasteiger partial charge < -0.3 is 15.8 Å². The fraction of sp³-hybridized carbons (Fsp3) is 0.429. The Balaban J connectivity index is 1.78. The van der Waals surface area contributed by atoms with E-state index in [1.165, 1.54) is 0 Å². The van der Waals surface area contributed by atoms with Gasteiger partial charge in [-0.15, -0.1) is 5.10 Å². The van der Waals surface area contributed by atoms with E-state index in [0.29, 0.717) is 25.0 Å². The summed E-state index contributed by atoms with van der Waals surface area (Å²) in [5.74, 6) is 1.87. The molecule has 0 aliphatic carbocycles. The lowest BCUT2D eigenvalue weighted by molar-refractivity contribution is 0.299. The third-order valence-corrected chi connectivity index (χ3v) is 2.64. The molecule has 0 bridgehead atoms. The lowest BCUT2D eigenvalue weighted by Gasteiger charge is -2.06. The number of hydrogen-bond donors (Lipinski definition) is 2. The van der Waals surface area contributed by atoms with E-state index < -0.39 is 0 Å². The number of ether oxygens (including phenoxy) is 1. The highest BCUT2D eigenvalue weighted by Gasteiger charge is 2.07. The lowest BCUT2D eigenvalue weighted by atomic mass is 10.3. The molecule has 0 atom stereocenters. The van der Waals surface area contributed by atoms with Crippen LogP contribution in [0.5, 0.6) is 5.75 Å². The van der Waals surface area contributed by atoms with Crippen molar-refractivity contribution in [2.45, 2.75) is 32.9 Å². The van der Waals surface area contributed by atoms with Crippen molar-refractivity contribution >= 4 is 11.9 Å². The third-order valence-electron chi connectivity index (χ3n) is 2.64. The van der Waals surface area contributed by atoms with Crippen molar-refractivity contribution in [3.05, 3.63) is 30.3 Å². The molecule has 108 valence electrons. The number of para-hydroxylation sites is 1. The summed E-state index contributed by atoms with van der Waals surface area (Å²) >= 11 is 0. The number of benzene rings is 1. The molecule has 0 aliphatic rings. The number of aromatic nitrogens is 3. The highest BCUT2D eigenvalue weighted by Crippen LogP contribution is 2.10. The number of aryl methyl sites for hydroxylation is 1. The number of nitrogens with zero attached hydrogens (tertiary/aromatic N) is 3. The maximum atomic E-state index is 5.82. The van der Waals surface area contributed by atoms with E-state index in [4.69, 9.17) is 10.5 Å². The number of rotatable bonds is 7. The molecule has 6 nitrogen and oxygen atoms in total. The molecule has 6 heteroatoms. The molecule has 1 aromatic heterocycles. The van der Waals surface area contributed by atoms with Gasteiger partial charge in [-0.1, -0.05) is 18.2 Å². The molecule has 0 saturated carbocycles. The maximum absolute atomic E-state index is 5.82. The number of nitrogens with one attached hydrogen (secondary N) is 1. The van der Waals surface area contributed by atoms with E-state index >= 15 is 0 Å². The molecule has 0 fully saturated rings. The minimum atomic E-state index is 0.284. The Morgan fingerprint density at radius 2 is 2.05 bits per heavy atom. The van der Waals surface area contributed by atoms with Crippen LogP contribution in [0, 0.1) is 0 Å². The highest BCUT2D eigenvalue weighted by atomic mass is 16.5. The van der Waals surface area contributed by atoms with Crippen LogP contribution in [0.4, 0.5) is 11.9 Å². The van der Waals surface area contributed by atoms with Crippen LogP contribution >= 0.6 is 0 Å². The number of nitrogens with two attached hydrogens (primary N) is 1. The Morgan fingerprint density at radius 3 is 2.75 bits per heavy atom. The van der Waals surface area contributed by atoms with E-state index in [9.17, 15) is 0 Å². The van der Waals surface area contributed by atoms with Gasteiger partial charge in [0.1, 0.15) is 5.75 Å². The summed E-state index contributed by atoms with van der Waals surface area (Å²) in [6.07, 6.45) is 0.823. The van der Waals surface area contributed by atoms with Crippen molar-refractivity contribution < 1.29 is 4.74 Å². The van der Waals surface area contributed by atoms with Gasteiger partial charge in [0, 0.05) is 19.0 Å². The fourth-order valence-corrected chi connectivity index (χ4v) is 1.76. The lowest BCUT2D eigenvalue weighted by Crippen LogP contribution is -2.12. The molecule has 2 aromatic rings. The average molecular weight is 275 g/mol. The SMILES string of the molecule is CC(C)Nc1nc(N)n(CCCOc2ccccc2)n1. The quantitative estimate of drug-likeness (QED) is 0.757. The predicted octanol–water partition coefficient (Wildman–Crippen LogP) is 2.15. The van der Waals surface area contributed by atoms with Crippen molar-refractivity contribution in [2.75, 3.05) is 17.7 Å². The first-order chi connectivity index (χ1) is 9.65. The van der Waals surface area contributed by atoms with Crippen LogP contribution < -0.4 is 15.8 Å². The molecule has 0 amide bonds. The minimum absolute atomic E-state index is 0.284. The molecule has 0 unspecified atom stereocenters. The molecule has 1 heterocycles. The van der Waals surface area contributed by atoms with Gasteiger partial charge in [-0.2, -0.15) is 4.98 Å². The van der Waals surface area contributed by atoms with Gasteiger partial charge in [-0.05, 0) is 26.0 Å². The predicted molar refractivity (Wildman–Crippen MR) is 79.7 cm³/mol. The van der Waals surface area contributed by atoms with Crippen LogP contribution in [0.15, 0.2) is 30.3 Å². The van der Waals surface area contributed by atoms with Gasteiger partial charge in [0.25, 0.3) is 0 Å². The second-order valence-electron chi connectivity index (χ2n) is 4.83. The first-order valence-corrected chi connectivity index (χ1v) is 6.80. The molecule has 3 N–H and O–H groups in total. The van der Waals surface area contributed by atoms with Gasteiger partial charge >= 0.3 is 0 Å². The normalized spacial score (nSPS) is 10.8. The first-order valence-electron chi connectivity index (χ1n) is 6.80. The maximum Gasteiger partial charge on any atom is 0.244 e. The molecule has 2 rings (SSSR count). The van der Waals surface area contributed by atoms with E-state index in [1.807, 2.05) is 44.2 Å². The number of hydrogen-bond acceptors (Lipinski definition) is 5. The Kier molecular flexibility index (Phi) is 4.81. The summed E-state index contributed by atoms with van der Waals surface area (Å²) in [6.45, 7) is 5.37. The highest BCUT2D eigenvalue weighted by molar-refractivity contribution is 5.31. The van der Waals surface area contributed by atoms with Crippen molar-refractivity contribution in [2.24, 2.45) is 0 Å². The molecular formula is C14H21N5O. The summed E-state index contributed by atoms with van der Waals surface area (Å²) in [6, 6.07) is 10.0. The van der Waals surface area contributed by atoms with E-state index in [1.54, 1.807) is 4.68 Å². The van der Waals surface area contributed by atoms with Gasteiger partial charge in [-0.25, -0.2) is 4.68 Å². The van der Waals surface area contributed by atoms with Crippen LogP contribution in [0.25, 0.3) is 0 Å². The topological polar surface area (TPSA) is 78.0 Å². The average Bonchev–Trinajstić information content (AvgIpc) is 2.75. The zero-order valence-electron chi connectivity index (χ0n) is 11.9. The van der Waals surface area contributed by atoms with Gasteiger partial charge in [-0.3, -0.25) is 0 Å². The van der Waals surface area contributed by atoms with Crippen LogP contribution in [0.1, 0.15) is 20.3 Å². The van der Waals surface area contributed by atoms with E-state index in [-0.39, 0.29) is 6.04 Å². The Labute approximate surface area is 119 Å². The summed E-state index contributed by atoms with van der Waals surface area (Å²) in [4.78, 5) is 4.17. The van der Waals surface area contributed by atoms with Crippen molar-refractivity contribution in [1.29, 1.82) is 0 Å². The molecule has 0 aliphatic heterocycles. The molecule has 0 saturated heterocycles. The van der Waals surface area contributed by atoms with Gasteiger partial charge in [0.2, 0.25) is 11.9 Å². The van der Waals surface area contributed by atoms with E-state index in [2.05, 4.69) is 15.4 Å². The zero-order chi connectivity index (χ0) is 14.4.